The largest absolute Gasteiger partial charge is 0.466 e. The van der Waals surface area contributed by atoms with E-state index in [2.05, 4.69) is 17.7 Å². The molecule has 1 aromatic rings. The number of quaternary nitrogens is 2. The zero-order valence-electron chi connectivity index (χ0n) is 15.6. The smallest absolute Gasteiger partial charge is 0.338 e. The average Bonchev–Trinajstić information content (AvgIpc) is 2.63. The van der Waals surface area contributed by atoms with Crippen molar-refractivity contribution in [1.82, 2.24) is 10.6 Å². The minimum Gasteiger partial charge on any atom is -0.466 e. The molecule has 0 aliphatic carbocycles. The maximum absolute atomic E-state index is 12.5. The predicted octanol–water partition coefficient (Wildman–Crippen LogP) is -1.81. The van der Waals surface area contributed by atoms with Crippen molar-refractivity contribution in [2.45, 2.75) is 13.0 Å². The summed E-state index contributed by atoms with van der Waals surface area (Å²) in [6.07, 6.45) is 0. The third-order valence-corrected chi connectivity index (χ3v) is 5.21. The van der Waals surface area contributed by atoms with E-state index in [4.69, 9.17) is 4.74 Å². The molecule has 1 fully saturated rings. The molecule has 4 N–H and O–H groups in total. The van der Waals surface area contributed by atoms with E-state index in [-0.39, 0.29) is 6.03 Å². The number of hydrogen-bond acceptors (Lipinski definition) is 3. The molecule has 7 nitrogen and oxygen atoms in total. The first-order valence-corrected chi connectivity index (χ1v) is 9.08. The van der Waals surface area contributed by atoms with E-state index in [9.17, 15) is 9.59 Å². The Morgan fingerprint density at radius 3 is 2.46 bits per heavy atom. The first kappa shape index (κ1) is 18.4. The summed E-state index contributed by atoms with van der Waals surface area (Å²) in [6.45, 7) is 6.83. The fourth-order valence-corrected chi connectivity index (χ4v) is 3.57. The van der Waals surface area contributed by atoms with Crippen LogP contribution < -0.4 is 20.4 Å². The summed E-state index contributed by atoms with van der Waals surface area (Å²) < 4.78 is 5.04. The molecule has 1 atom stereocenters. The second-order valence-corrected chi connectivity index (χ2v) is 7.21. The molecule has 2 heterocycles. The van der Waals surface area contributed by atoms with E-state index in [1.165, 1.54) is 16.9 Å². The number of likely N-dealkylation sites (N-methyl/N-ethyl adjacent to an activating group) is 1. The fourth-order valence-electron chi connectivity index (χ4n) is 3.57. The number of rotatable bonds is 4. The van der Waals surface area contributed by atoms with Gasteiger partial charge in [-0.25, -0.2) is 9.59 Å². The predicted molar refractivity (Wildman–Crippen MR) is 96.8 cm³/mol. The van der Waals surface area contributed by atoms with E-state index in [0.29, 0.717) is 17.8 Å². The molecular weight excluding hydrogens is 332 g/mol. The van der Waals surface area contributed by atoms with Gasteiger partial charge in [0, 0.05) is 0 Å². The van der Waals surface area contributed by atoms with Crippen LogP contribution in [0.2, 0.25) is 0 Å². The summed E-state index contributed by atoms with van der Waals surface area (Å²) in [5, 5.41) is 5.72. The fraction of sp³-hybridized carbons (Fsp3) is 0.474. The van der Waals surface area contributed by atoms with Crippen LogP contribution in [0, 0.1) is 6.92 Å². The minimum absolute atomic E-state index is 0.280. The van der Waals surface area contributed by atoms with E-state index < -0.39 is 12.0 Å². The highest BCUT2D eigenvalue weighted by Gasteiger charge is 2.35. The molecule has 0 radical (unpaired) electrons. The van der Waals surface area contributed by atoms with Crippen LogP contribution in [0.4, 0.5) is 4.79 Å². The number of ether oxygens (including phenoxy) is 1. The lowest BCUT2D eigenvalue weighted by Crippen LogP contribution is -3.27. The number of hydrogen-bond donors (Lipinski definition) is 4. The number of urea groups is 1. The highest BCUT2D eigenvalue weighted by molar-refractivity contribution is 5.95. The SMILES string of the molecule is COC(=O)C1=C(C[NH+]2CC[NH+](C)CC2)NC(=O)N[C@H]1c1ccc(C)cc1. The first-order valence-electron chi connectivity index (χ1n) is 9.08. The molecular formula is C19H28N4O3+2. The van der Waals surface area contributed by atoms with E-state index in [0.717, 1.165) is 37.3 Å². The first-order chi connectivity index (χ1) is 12.5. The van der Waals surface area contributed by atoms with Gasteiger partial charge >= 0.3 is 12.0 Å². The molecule has 2 aliphatic heterocycles. The molecule has 0 aromatic heterocycles. The third kappa shape index (κ3) is 4.05. The van der Waals surface area contributed by atoms with Crippen LogP contribution in [0.15, 0.2) is 35.5 Å². The number of benzene rings is 1. The van der Waals surface area contributed by atoms with Crippen molar-refractivity contribution >= 4 is 12.0 Å². The monoisotopic (exact) mass is 360 g/mol. The van der Waals surface area contributed by atoms with Crippen molar-refractivity contribution in [3.63, 3.8) is 0 Å². The van der Waals surface area contributed by atoms with Crippen LogP contribution in [0.1, 0.15) is 17.2 Å². The molecule has 3 rings (SSSR count). The van der Waals surface area contributed by atoms with Gasteiger partial charge in [0.25, 0.3) is 0 Å². The molecule has 26 heavy (non-hydrogen) atoms. The molecule has 7 heteroatoms. The summed E-state index contributed by atoms with van der Waals surface area (Å²) in [5.41, 5.74) is 3.17. The number of esters is 1. The lowest BCUT2D eigenvalue weighted by Gasteiger charge is -2.32. The molecule has 0 unspecified atom stereocenters. The standard InChI is InChI=1S/C19H26N4O3/c1-13-4-6-14(7-5-13)17-16(18(24)26-3)15(20-19(25)21-17)12-23-10-8-22(2)9-11-23/h4-7,17H,8-12H2,1-3H3,(H2,20,21,25)/p+2/t17-/m0/s1. The number of nitrogens with one attached hydrogen (secondary N) is 4. The molecule has 0 bridgehead atoms. The van der Waals surface area contributed by atoms with Gasteiger partial charge in [-0.3, -0.25) is 0 Å². The molecule has 140 valence electrons. The van der Waals surface area contributed by atoms with Crippen molar-refractivity contribution in [3.05, 3.63) is 46.7 Å². The Morgan fingerprint density at radius 1 is 1.19 bits per heavy atom. The Balaban J connectivity index is 1.93. The van der Waals surface area contributed by atoms with Gasteiger partial charge in [-0.05, 0) is 12.5 Å². The number of methoxy groups -OCH3 is 1. The number of carbonyl (C=O) groups excluding carboxylic acids is 2. The van der Waals surface area contributed by atoms with Crippen molar-refractivity contribution < 1.29 is 24.1 Å². The number of amides is 2. The third-order valence-electron chi connectivity index (χ3n) is 5.21. The Hall–Kier alpha value is -2.38. The number of piperazine rings is 1. The molecule has 1 aromatic carbocycles. The van der Waals surface area contributed by atoms with E-state index in [1.54, 1.807) is 0 Å². The van der Waals surface area contributed by atoms with Gasteiger partial charge in [-0.1, -0.05) is 29.8 Å². The Bertz CT molecular complexity index is 706. The van der Waals surface area contributed by atoms with Gasteiger partial charge in [0.2, 0.25) is 0 Å². The van der Waals surface area contributed by atoms with Crippen LogP contribution in [-0.2, 0) is 9.53 Å². The minimum atomic E-state index is -0.496. The summed E-state index contributed by atoms with van der Waals surface area (Å²) in [7, 11) is 3.57. The van der Waals surface area contributed by atoms with Crippen LogP contribution in [0.5, 0.6) is 0 Å². The Kier molecular flexibility index (Phi) is 5.58. The van der Waals surface area contributed by atoms with Gasteiger partial charge in [0.05, 0.1) is 31.5 Å². The number of carbonyl (C=O) groups is 2. The lowest BCUT2D eigenvalue weighted by molar-refractivity contribution is -1.00. The van der Waals surface area contributed by atoms with Crippen molar-refractivity contribution in [1.29, 1.82) is 0 Å². The lowest BCUT2D eigenvalue weighted by atomic mass is 9.94. The zero-order chi connectivity index (χ0) is 18.7. The maximum atomic E-state index is 12.5. The summed E-state index contributed by atoms with van der Waals surface area (Å²) in [5.74, 6) is -0.405. The van der Waals surface area contributed by atoms with Crippen LogP contribution >= 0.6 is 0 Å². The molecule has 2 aliphatic rings. The second kappa shape index (κ2) is 7.88. The summed E-state index contributed by atoms with van der Waals surface area (Å²) in [4.78, 5) is 27.7. The Labute approximate surface area is 154 Å². The van der Waals surface area contributed by atoms with Gasteiger partial charge in [-0.15, -0.1) is 0 Å². The van der Waals surface area contributed by atoms with Crippen LogP contribution in [0.3, 0.4) is 0 Å². The quantitative estimate of drug-likeness (QED) is 0.478. The molecule has 0 spiro atoms. The maximum Gasteiger partial charge on any atom is 0.338 e. The second-order valence-electron chi connectivity index (χ2n) is 7.21. The van der Waals surface area contributed by atoms with Gasteiger partial charge < -0.3 is 25.2 Å². The highest BCUT2D eigenvalue weighted by atomic mass is 16.5. The van der Waals surface area contributed by atoms with E-state index in [1.807, 2.05) is 31.2 Å². The van der Waals surface area contributed by atoms with E-state index >= 15 is 0 Å². The normalized spacial score (nSPS) is 26.1. The average molecular weight is 360 g/mol. The topological polar surface area (TPSA) is 76.3 Å². The van der Waals surface area contributed by atoms with Crippen molar-refractivity contribution in [2.75, 3.05) is 46.9 Å². The van der Waals surface area contributed by atoms with Crippen LogP contribution in [0.25, 0.3) is 0 Å². The van der Waals surface area contributed by atoms with Crippen LogP contribution in [-0.4, -0.2) is 58.9 Å². The van der Waals surface area contributed by atoms with Crippen molar-refractivity contribution in [2.24, 2.45) is 0 Å². The molecule has 0 saturated carbocycles. The summed E-state index contributed by atoms with van der Waals surface area (Å²) in [6, 6.07) is 7.07. The highest BCUT2D eigenvalue weighted by Crippen LogP contribution is 2.27. The van der Waals surface area contributed by atoms with Gasteiger partial charge in [-0.2, -0.15) is 0 Å². The van der Waals surface area contributed by atoms with Gasteiger partial charge in [0.1, 0.15) is 32.7 Å². The molecule has 1 saturated heterocycles. The Morgan fingerprint density at radius 2 is 1.85 bits per heavy atom. The zero-order valence-corrected chi connectivity index (χ0v) is 15.6. The molecule has 2 amide bonds. The summed E-state index contributed by atoms with van der Waals surface area (Å²) >= 11 is 0. The van der Waals surface area contributed by atoms with Crippen molar-refractivity contribution in [3.8, 4) is 0 Å². The van der Waals surface area contributed by atoms with Gasteiger partial charge in [0.15, 0.2) is 0 Å². The number of aryl methyl sites for hydroxylation is 1.